The molecule has 2 amide bonds. The molecule has 1 aliphatic carbocycles. The predicted octanol–water partition coefficient (Wildman–Crippen LogP) is 4.53. The number of nitrogens with zero attached hydrogens (tertiary/aromatic N) is 4. The minimum absolute atomic E-state index is 0.129. The minimum atomic E-state index is -0.867. The number of aryl methyl sites for hydroxylation is 1. The number of aliphatic carboxylic acids is 1. The number of hydrogen-bond acceptors (Lipinski definition) is 7. The van der Waals surface area contributed by atoms with Gasteiger partial charge in [-0.05, 0) is 74.2 Å². The van der Waals surface area contributed by atoms with Gasteiger partial charge in [-0.25, -0.2) is 9.97 Å². The number of amides is 2. The molecule has 41 heavy (non-hydrogen) atoms. The standard InChI is InChI=1S/C31H35N5O5/c1-4-36-26-23(29(38)35(3)24-8-7-14-32-27(24)36)17-21(18-33-26)11-15-41-25-10-9-22(16-20(25)2)28(37)34-19-31(30(39)40)12-5-6-13-31/h7-10,14,16-18H,4-6,11-13,15,19H2,1-3H3,(H,34,37)(H,39,40). The molecule has 214 valence electrons. The molecule has 2 aromatic heterocycles. The lowest BCUT2D eigenvalue weighted by Crippen LogP contribution is -2.41. The van der Waals surface area contributed by atoms with Gasteiger partial charge in [-0.1, -0.05) is 12.8 Å². The smallest absolute Gasteiger partial charge is 0.311 e. The Morgan fingerprint density at radius 1 is 1.12 bits per heavy atom. The Morgan fingerprint density at radius 3 is 2.61 bits per heavy atom. The van der Waals surface area contributed by atoms with Crippen molar-refractivity contribution in [3.63, 3.8) is 0 Å². The highest BCUT2D eigenvalue weighted by molar-refractivity contribution is 6.12. The van der Waals surface area contributed by atoms with Crippen LogP contribution in [0.5, 0.6) is 5.75 Å². The first-order valence-corrected chi connectivity index (χ1v) is 14.0. The van der Waals surface area contributed by atoms with E-state index in [0.29, 0.717) is 60.9 Å². The van der Waals surface area contributed by atoms with E-state index in [4.69, 9.17) is 4.74 Å². The largest absolute Gasteiger partial charge is 0.493 e. The fourth-order valence-electron chi connectivity index (χ4n) is 5.66. The monoisotopic (exact) mass is 557 g/mol. The van der Waals surface area contributed by atoms with E-state index in [9.17, 15) is 19.5 Å². The molecule has 3 heterocycles. The Kier molecular flexibility index (Phi) is 7.92. The summed E-state index contributed by atoms with van der Waals surface area (Å²) in [6.07, 6.45) is 6.91. The van der Waals surface area contributed by atoms with Gasteiger partial charge < -0.3 is 25.0 Å². The molecule has 3 aromatic rings. The number of carbonyl (C=O) groups is 3. The average molecular weight is 558 g/mol. The molecule has 1 fully saturated rings. The molecule has 1 aliphatic heterocycles. The number of carboxylic acid groups (broad SMARTS) is 1. The molecule has 0 radical (unpaired) electrons. The third-order valence-electron chi connectivity index (χ3n) is 8.10. The lowest BCUT2D eigenvalue weighted by Gasteiger charge is -2.24. The predicted molar refractivity (Wildman–Crippen MR) is 155 cm³/mol. The van der Waals surface area contributed by atoms with Gasteiger partial charge in [-0.15, -0.1) is 0 Å². The molecule has 2 N–H and O–H groups in total. The topological polar surface area (TPSA) is 125 Å². The number of benzene rings is 1. The number of rotatable bonds is 9. The molecular weight excluding hydrogens is 522 g/mol. The lowest BCUT2D eigenvalue weighted by molar-refractivity contribution is -0.148. The Bertz CT molecular complexity index is 1480. The minimum Gasteiger partial charge on any atom is -0.493 e. The molecule has 0 saturated heterocycles. The maximum absolute atomic E-state index is 13.4. The molecule has 10 heteroatoms. The molecule has 2 aliphatic rings. The molecule has 1 aromatic carbocycles. The number of pyridine rings is 2. The van der Waals surface area contributed by atoms with Crippen molar-refractivity contribution < 1.29 is 24.2 Å². The Balaban J connectivity index is 1.23. The van der Waals surface area contributed by atoms with Crippen molar-refractivity contribution in [2.75, 3.05) is 36.5 Å². The third-order valence-corrected chi connectivity index (χ3v) is 8.10. The van der Waals surface area contributed by atoms with Crippen molar-refractivity contribution in [3.8, 4) is 5.75 Å². The normalized spacial score (nSPS) is 15.6. The molecule has 1 saturated carbocycles. The number of carbonyl (C=O) groups excluding carboxylic acids is 2. The number of aromatic nitrogens is 2. The second kappa shape index (κ2) is 11.6. The highest BCUT2D eigenvalue weighted by Crippen LogP contribution is 2.38. The van der Waals surface area contributed by atoms with Crippen molar-refractivity contribution in [1.29, 1.82) is 0 Å². The third kappa shape index (κ3) is 5.46. The maximum Gasteiger partial charge on any atom is 0.311 e. The summed E-state index contributed by atoms with van der Waals surface area (Å²) in [6.45, 7) is 4.97. The number of ether oxygens (including phenoxy) is 1. The van der Waals surface area contributed by atoms with E-state index >= 15 is 0 Å². The summed E-state index contributed by atoms with van der Waals surface area (Å²) in [6, 6.07) is 10.7. The van der Waals surface area contributed by atoms with Gasteiger partial charge in [0.1, 0.15) is 11.6 Å². The van der Waals surface area contributed by atoms with E-state index < -0.39 is 11.4 Å². The van der Waals surface area contributed by atoms with E-state index in [0.717, 1.165) is 29.7 Å². The van der Waals surface area contributed by atoms with E-state index in [2.05, 4.69) is 15.3 Å². The zero-order chi connectivity index (χ0) is 29.1. The van der Waals surface area contributed by atoms with Gasteiger partial charge in [0, 0.05) is 44.5 Å². The average Bonchev–Trinajstić information content (AvgIpc) is 3.45. The van der Waals surface area contributed by atoms with Crippen molar-refractivity contribution >= 4 is 35.1 Å². The van der Waals surface area contributed by atoms with Crippen LogP contribution in [0.3, 0.4) is 0 Å². The van der Waals surface area contributed by atoms with Gasteiger partial charge in [-0.3, -0.25) is 14.4 Å². The summed E-state index contributed by atoms with van der Waals surface area (Å²) in [5.74, 6) is 0.639. The Labute approximate surface area is 239 Å². The lowest BCUT2D eigenvalue weighted by atomic mass is 9.86. The summed E-state index contributed by atoms with van der Waals surface area (Å²) in [5, 5.41) is 12.5. The molecule has 5 rings (SSSR count). The maximum atomic E-state index is 13.4. The summed E-state index contributed by atoms with van der Waals surface area (Å²) in [7, 11) is 1.74. The molecule has 0 unspecified atom stereocenters. The van der Waals surface area contributed by atoms with Gasteiger partial charge in [-0.2, -0.15) is 0 Å². The van der Waals surface area contributed by atoms with E-state index in [1.165, 1.54) is 0 Å². The first-order valence-electron chi connectivity index (χ1n) is 14.0. The molecule has 0 bridgehead atoms. The van der Waals surface area contributed by atoms with Gasteiger partial charge >= 0.3 is 5.97 Å². The van der Waals surface area contributed by atoms with E-state index in [1.54, 1.807) is 42.5 Å². The SMILES string of the molecule is CCN1c2ncc(CCOc3ccc(C(=O)NCC4(C(=O)O)CCCC4)cc3C)cc2C(=O)N(C)c2cccnc21. The highest BCUT2D eigenvalue weighted by Gasteiger charge is 2.41. The van der Waals surface area contributed by atoms with Crippen molar-refractivity contribution in [2.45, 2.75) is 46.0 Å². The molecule has 0 atom stereocenters. The molecule has 0 spiro atoms. The summed E-state index contributed by atoms with van der Waals surface area (Å²) < 4.78 is 6.02. The number of anilines is 3. The van der Waals surface area contributed by atoms with Crippen LogP contribution in [-0.2, 0) is 11.2 Å². The fourth-order valence-corrected chi connectivity index (χ4v) is 5.66. The van der Waals surface area contributed by atoms with Gasteiger partial charge in [0.05, 0.1) is 23.3 Å². The first-order chi connectivity index (χ1) is 19.7. The summed E-state index contributed by atoms with van der Waals surface area (Å²) in [4.78, 5) is 50.6. The summed E-state index contributed by atoms with van der Waals surface area (Å²) >= 11 is 0. The number of carboxylic acids is 1. The second-order valence-electron chi connectivity index (χ2n) is 10.7. The van der Waals surface area contributed by atoms with Crippen LogP contribution in [0.25, 0.3) is 0 Å². The van der Waals surface area contributed by atoms with Gasteiger partial charge in [0.15, 0.2) is 5.82 Å². The fraction of sp³-hybridized carbons (Fsp3) is 0.387. The molecular formula is C31H35N5O5. The Morgan fingerprint density at radius 2 is 1.90 bits per heavy atom. The van der Waals surface area contributed by atoms with Crippen molar-refractivity contribution in [2.24, 2.45) is 5.41 Å². The number of hydrogen-bond donors (Lipinski definition) is 2. The number of nitrogens with one attached hydrogen (secondary N) is 1. The van der Waals surface area contributed by atoms with E-state index in [-0.39, 0.29) is 18.4 Å². The molecule has 10 nitrogen and oxygen atoms in total. The Hall–Kier alpha value is -4.47. The second-order valence-corrected chi connectivity index (χ2v) is 10.7. The van der Waals surface area contributed by atoms with Crippen LogP contribution < -0.4 is 19.9 Å². The van der Waals surface area contributed by atoms with Crippen LogP contribution in [0.15, 0.2) is 48.8 Å². The highest BCUT2D eigenvalue weighted by atomic mass is 16.5. The van der Waals surface area contributed by atoms with Crippen molar-refractivity contribution in [1.82, 2.24) is 15.3 Å². The van der Waals surface area contributed by atoms with Crippen LogP contribution in [0.2, 0.25) is 0 Å². The zero-order valence-electron chi connectivity index (χ0n) is 23.6. The zero-order valence-corrected chi connectivity index (χ0v) is 23.6. The quantitative estimate of drug-likeness (QED) is 0.393. The van der Waals surface area contributed by atoms with Crippen LogP contribution in [0.4, 0.5) is 17.3 Å². The van der Waals surface area contributed by atoms with Crippen LogP contribution >= 0.6 is 0 Å². The number of fused-ring (bicyclic) bond motifs is 2. The van der Waals surface area contributed by atoms with Crippen molar-refractivity contribution in [3.05, 3.63) is 71.0 Å². The van der Waals surface area contributed by atoms with E-state index in [1.807, 2.05) is 36.9 Å². The first kappa shape index (κ1) is 28.1. The van der Waals surface area contributed by atoms with Crippen LogP contribution in [0, 0.1) is 12.3 Å². The summed E-state index contributed by atoms with van der Waals surface area (Å²) in [5.41, 5.74) is 2.50. The van der Waals surface area contributed by atoms with Crippen LogP contribution in [-0.4, -0.2) is 59.6 Å². The van der Waals surface area contributed by atoms with Gasteiger partial charge in [0.25, 0.3) is 11.8 Å². The van der Waals surface area contributed by atoms with Crippen LogP contribution in [0.1, 0.15) is 64.4 Å². The van der Waals surface area contributed by atoms with Gasteiger partial charge in [0.2, 0.25) is 0 Å².